The molecule has 0 atom stereocenters. The number of imidazole rings is 1. The largest absolute Gasteiger partial charge is 0.475 e. The van der Waals surface area contributed by atoms with E-state index in [0.717, 1.165) is 37.5 Å². The van der Waals surface area contributed by atoms with Crippen LogP contribution in [0.4, 0.5) is 5.82 Å². The molecule has 3 heterocycles. The minimum Gasteiger partial charge on any atom is -0.475 e. The number of ether oxygens (including phenoxy) is 2. The molecule has 1 N–H and O–H groups in total. The molecule has 0 bridgehead atoms. The highest BCUT2D eigenvalue weighted by Crippen LogP contribution is 2.21. The monoisotopic (exact) mass is 262 g/mol. The van der Waals surface area contributed by atoms with Crippen LogP contribution in [0.15, 0.2) is 18.6 Å². The lowest BCUT2D eigenvalue weighted by molar-refractivity contribution is 0.0492. The highest BCUT2D eigenvalue weighted by atomic mass is 16.5. The van der Waals surface area contributed by atoms with Gasteiger partial charge in [0.25, 0.3) is 5.88 Å². The van der Waals surface area contributed by atoms with Crippen LogP contribution in [-0.2, 0) is 4.74 Å². The van der Waals surface area contributed by atoms with Crippen LogP contribution in [0.2, 0.25) is 0 Å². The average molecular weight is 262 g/mol. The second-order valence-corrected chi connectivity index (χ2v) is 4.71. The second-order valence-electron chi connectivity index (χ2n) is 4.71. The molecule has 102 valence electrons. The standard InChI is InChI=1S/C13H18N4O2/c1-14-11-8-17-5-4-15-12(17)13(16-11)19-9-10-2-6-18-7-3-10/h4-5,8,10,14H,2-3,6-7,9H2,1H3. The molecule has 19 heavy (non-hydrogen) atoms. The number of rotatable bonds is 4. The Balaban J connectivity index is 1.77. The van der Waals surface area contributed by atoms with E-state index in [1.807, 2.05) is 23.8 Å². The van der Waals surface area contributed by atoms with Gasteiger partial charge in [0.1, 0.15) is 5.82 Å². The van der Waals surface area contributed by atoms with Gasteiger partial charge in [0.15, 0.2) is 0 Å². The molecular formula is C13H18N4O2. The molecule has 0 aliphatic carbocycles. The van der Waals surface area contributed by atoms with Gasteiger partial charge in [-0.15, -0.1) is 0 Å². The van der Waals surface area contributed by atoms with E-state index in [2.05, 4.69) is 15.3 Å². The van der Waals surface area contributed by atoms with Crippen molar-refractivity contribution in [1.82, 2.24) is 14.4 Å². The molecule has 0 amide bonds. The highest BCUT2D eigenvalue weighted by Gasteiger charge is 2.16. The summed E-state index contributed by atoms with van der Waals surface area (Å²) < 4.78 is 13.1. The van der Waals surface area contributed by atoms with E-state index in [4.69, 9.17) is 9.47 Å². The molecule has 0 unspecified atom stereocenters. The molecule has 1 aliphatic rings. The van der Waals surface area contributed by atoms with Crippen molar-refractivity contribution in [3.05, 3.63) is 18.6 Å². The summed E-state index contributed by atoms with van der Waals surface area (Å²) in [6.45, 7) is 2.33. The van der Waals surface area contributed by atoms with Gasteiger partial charge >= 0.3 is 0 Å². The summed E-state index contributed by atoms with van der Waals surface area (Å²) in [5, 5.41) is 3.03. The van der Waals surface area contributed by atoms with E-state index in [1.165, 1.54) is 0 Å². The SMILES string of the molecule is CNc1cn2ccnc2c(OCC2CCOCC2)n1. The number of anilines is 1. The van der Waals surface area contributed by atoms with E-state index in [-0.39, 0.29) is 0 Å². The van der Waals surface area contributed by atoms with E-state index in [0.29, 0.717) is 18.4 Å². The molecule has 1 fully saturated rings. The Labute approximate surface area is 111 Å². The van der Waals surface area contributed by atoms with Crippen molar-refractivity contribution in [2.24, 2.45) is 5.92 Å². The Morgan fingerprint density at radius 1 is 1.47 bits per heavy atom. The minimum absolute atomic E-state index is 0.545. The molecule has 0 spiro atoms. The van der Waals surface area contributed by atoms with Crippen molar-refractivity contribution >= 4 is 11.5 Å². The zero-order valence-corrected chi connectivity index (χ0v) is 11.0. The number of hydrogen-bond donors (Lipinski definition) is 1. The van der Waals surface area contributed by atoms with Crippen LogP contribution in [-0.4, -0.2) is 41.2 Å². The van der Waals surface area contributed by atoms with Gasteiger partial charge in [0.2, 0.25) is 5.65 Å². The number of aromatic nitrogens is 3. The summed E-state index contributed by atoms with van der Waals surface area (Å²) in [6.07, 6.45) is 7.63. The van der Waals surface area contributed by atoms with E-state index in [9.17, 15) is 0 Å². The molecule has 0 aromatic carbocycles. The van der Waals surface area contributed by atoms with Crippen LogP contribution in [0.25, 0.3) is 5.65 Å². The Hall–Kier alpha value is -1.82. The maximum atomic E-state index is 5.87. The Morgan fingerprint density at radius 3 is 3.11 bits per heavy atom. The first-order chi connectivity index (χ1) is 9.36. The molecule has 1 saturated heterocycles. The Morgan fingerprint density at radius 2 is 2.32 bits per heavy atom. The molecule has 1 aliphatic heterocycles. The van der Waals surface area contributed by atoms with E-state index in [1.54, 1.807) is 6.20 Å². The van der Waals surface area contributed by atoms with Crippen LogP contribution in [0.5, 0.6) is 5.88 Å². The lowest BCUT2D eigenvalue weighted by Gasteiger charge is -2.21. The molecular weight excluding hydrogens is 244 g/mol. The van der Waals surface area contributed by atoms with Crippen molar-refractivity contribution in [2.75, 3.05) is 32.2 Å². The second kappa shape index (κ2) is 5.44. The van der Waals surface area contributed by atoms with Gasteiger partial charge in [0, 0.05) is 32.7 Å². The maximum absolute atomic E-state index is 5.87. The topological polar surface area (TPSA) is 60.7 Å². The van der Waals surface area contributed by atoms with Crippen molar-refractivity contribution < 1.29 is 9.47 Å². The van der Waals surface area contributed by atoms with Gasteiger partial charge in [-0.2, -0.15) is 4.98 Å². The van der Waals surface area contributed by atoms with Crippen LogP contribution >= 0.6 is 0 Å². The first-order valence-corrected chi connectivity index (χ1v) is 6.59. The van der Waals surface area contributed by atoms with Gasteiger partial charge in [0.05, 0.1) is 12.8 Å². The zero-order chi connectivity index (χ0) is 13.1. The van der Waals surface area contributed by atoms with E-state index >= 15 is 0 Å². The first-order valence-electron chi connectivity index (χ1n) is 6.59. The molecule has 0 radical (unpaired) electrons. The van der Waals surface area contributed by atoms with Crippen LogP contribution in [0, 0.1) is 5.92 Å². The average Bonchev–Trinajstić information content (AvgIpc) is 2.94. The van der Waals surface area contributed by atoms with E-state index < -0.39 is 0 Å². The maximum Gasteiger partial charge on any atom is 0.260 e. The van der Waals surface area contributed by atoms with Crippen LogP contribution < -0.4 is 10.1 Å². The summed E-state index contributed by atoms with van der Waals surface area (Å²) in [4.78, 5) is 8.71. The lowest BCUT2D eigenvalue weighted by Crippen LogP contribution is -2.22. The minimum atomic E-state index is 0.545. The number of nitrogens with zero attached hydrogens (tertiary/aromatic N) is 3. The fraction of sp³-hybridized carbons (Fsp3) is 0.538. The normalized spacial score (nSPS) is 16.7. The third-order valence-electron chi connectivity index (χ3n) is 3.40. The Bertz CT molecular complexity index is 549. The highest BCUT2D eigenvalue weighted by molar-refractivity contribution is 5.53. The summed E-state index contributed by atoms with van der Waals surface area (Å²) in [7, 11) is 1.84. The molecule has 2 aromatic heterocycles. The zero-order valence-electron chi connectivity index (χ0n) is 11.0. The Kier molecular flexibility index (Phi) is 3.50. The molecule has 6 nitrogen and oxygen atoms in total. The van der Waals surface area contributed by atoms with Crippen molar-refractivity contribution in [1.29, 1.82) is 0 Å². The summed E-state index contributed by atoms with van der Waals surface area (Å²) in [6, 6.07) is 0. The number of fused-ring (bicyclic) bond motifs is 1. The van der Waals surface area contributed by atoms with Crippen LogP contribution in [0.1, 0.15) is 12.8 Å². The molecule has 6 heteroatoms. The molecule has 3 rings (SSSR count). The summed E-state index contributed by atoms with van der Waals surface area (Å²) >= 11 is 0. The third kappa shape index (κ3) is 2.63. The molecule has 0 saturated carbocycles. The fourth-order valence-electron chi connectivity index (χ4n) is 2.23. The molecule has 2 aromatic rings. The predicted octanol–water partition coefficient (Wildman–Crippen LogP) is 1.58. The fourth-order valence-corrected chi connectivity index (χ4v) is 2.23. The van der Waals surface area contributed by atoms with Gasteiger partial charge in [-0.3, -0.25) is 4.40 Å². The van der Waals surface area contributed by atoms with Crippen molar-refractivity contribution in [2.45, 2.75) is 12.8 Å². The summed E-state index contributed by atoms with van der Waals surface area (Å²) in [5.41, 5.74) is 0.756. The van der Waals surface area contributed by atoms with Crippen molar-refractivity contribution in [3.63, 3.8) is 0 Å². The van der Waals surface area contributed by atoms with Gasteiger partial charge < -0.3 is 14.8 Å². The first kappa shape index (κ1) is 12.2. The third-order valence-corrected chi connectivity index (χ3v) is 3.40. The van der Waals surface area contributed by atoms with Gasteiger partial charge in [-0.05, 0) is 18.8 Å². The number of hydrogen-bond acceptors (Lipinski definition) is 5. The predicted molar refractivity (Wildman–Crippen MR) is 71.6 cm³/mol. The van der Waals surface area contributed by atoms with Crippen molar-refractivity contribution in [3.8, 4) is 5.88 Å². The number of nitrogens with one attached hydrogen (secondary N) is 1. The van der Waals surface area contributed by atoms with Gasteiger partial charge in [-0.1, -0.05) is 0 Å². The summed E-state index contributed by atoms with van der Waals surface area (Å²) in [5.74, 6) is 1.90. The lowest BCUT2D eigenvalue weighted by atomic mass is 10.0. The van der Waals surface area contributed by atoms with Gasteiger partial charge in [-0.25, -0.2) is 4.98 Å². The van der Waals surface area contributed by atoms with Crippen LogP contribution in [0.3, 0.4) is 0 Å². The quantitative estimate of drug-likeness (QED) is 0.906. The smallest absolute Gasteiger partial charge is 0.260 e.